The minimum absolute atomic E-state index is 0.157. The lowest BCUT2D eigenvalue weighted by Gasteiger charge is -2.20. The Labute approximate surface area is 162 Å². The second-order valence-corrected chi connectivity index (χ2v) is 7.12. The Hall–Kier alpha value is -3.41. The van der Waals surface area contributed by atoms with Crippen LogP contribution in [-0.4, -0.2) is 29.8 Å². The van der Waals surface area contributed by atoms with Crippen molar-refractivity contribution in [1.29, 1.82) is 0 Å². The van der Waals surface area contributed by atoms with E-state index in [0.717, 1.165) is 27.1 Å². The van der Waals surface area contributed by atoms with E-state index in [9.17, 15) is 14.4 Å². The van der Waals surface area contributed by atoms with Crippen molar-refractivity contribution >= 4 is 39.3 Å². The molecular formula is C22H21N3O3. The number of hydrogen-bond donors (Lipinski definition) is 3. The molecule has 0 aromatic heterocycles. The predicted octanol–water partition coefficient (Wildman–Crippen LogP) is 1.78. The summed E-state index contributed by atoms with van der Waals surface area (Å²) in [5.41, 5.74) is 6.57. The molecule has 3 aromatic carbocycles. The Balaban J connectivity index is 1.70. The number of fused-ring (bicyclic) bond motifs is 2. The van der Waals surface area contributed by atoms with Gasteiger partial charge in [0.05, 0.1) is 0 Å². The van der Waals surface area contributed by atoms with Crippen LogP contribution in [0.1, 0.15) is 18.4 Å². The zero-order valence-electron chi connectivity index (χ0n) is 15.3. The summed E-state index contributed by atoms with van der Waals surface area (Å²) in [6, 6.07) is 16.5. The minimum atomic E-state index is -0.862. The molecule has 1 aliphatic rings. The highest BCUT2D eigenvalue weighted by molar-refractivity contribution is 6.03. The highest BCUT2D eigenvalue weighted by atomic mass is 16.2. The molecule has 1 heterocycles. The standard InChI is InChI=1S/C22H21N3O3/c23-21(27)19(25-22(28)18-9-10-20(26)24-18)12-17-15-7-3-1-5-13(15)11-14-6-2-4-8-16(14)17/h1-8,11,18-19H,9-10,12H2,(H2,23,27)(H,24,26)(H,25,28)/t18-,19+/m1/s1. The largest absolute Gasteiger partial charge is 0.368 e. The Morgan fingerprint density at radius 1 is 1.07 bits per heavy atom. The molecule has 3 amide bonds. The van der Waals surface area contributed by atoms with E-state index in [1.165, 1.54) is 0 Å². The molecule has 6 heteroatoms. The van der Waals surface area contributed by atoms with E-state index >= 15 is 0 Å². The zero-order valence-corrected chi connectivity index (χ0v) is 15.3. The number of hydrogen-bond acceptors (Lipinski definition) is 3. The van der Waals surface area contributed by atoms with E-state index in [1.54, 1.807) is 0 Å². The van der Waals surface area contributed by atoms with Crippen molar-refractivity contribution in [3.63, 3.8) is 0 Å². The van der Waals surface area contributed by atoms with Gasteiger partial charge >= 0.3 is 0 Å². The van der Waals surface area contributed by atoms with Gasteiger partial charge in [-0.25, -0.2) is 0 Å². The smallest absolute Gasteiger partial charge is 0.243 e. The summed E-state index contributed by atoms with van der Waals surface area (Å²) in [6.07, 6.45) is 1.02. The number of nitrogens with one attached hydrogen (secondary N) is 2. The molecular weight excluding hydrogens is 354 g/mol. The van der Waals surface area contributed by atoms with Gasteiger partial charge < -0.3 is 16.4 Å². The Morgan fingerprint density at radius 2 is 1.68 bits per heavy atom. The molecule has 3 aromatic rings. The first kappa shape index (κ1) is 18.0. The average Bonchev–Trinajstić information content (AvgIpc) is 3.13. The molecule has 0 radical (unpaired) electrons. The fourth-order valence-electron chi connectivity index (χ4n) is 3.84. The summed E-state index contributed by atoms with van der Waals surface area (Å²) < 4.78 is 0. The SMILES string of the molecule is NC(=O)[C@H](Cc1c2ccccc2cc2ccccc12)NC(=O)[C@H]1CCC(=O)N1. The van der Waals surface area contributed by atoms with E-state index in [2.05, 4.69) is 16.7 Å². The molecule has 4 rings (SSSR count). The quantitative estimate of drug-likeness (QED) is 0.593. The van der Waals surface area contributed by atoms with E-state index in [1.807, 2.05) is 48.5 Å². The van der Waals surface area contributed by atoms with Crippen LogP contribution in [0.25, 0.3) is 21.5 Å². The molecule has 1 saturated heterocycles. The highest BCUT2D eigenvalue weighted by Gasteiger charge is 2.30. The van der Waals surface area contributed by atoms with E-state index < -0.39 is 18.0 Å². The average molecular weight is 375 g/mol. The molecule has 1 fully saturated rings. The van der Waals surface area contributed by atoms with E-state index in [-0.39, 0.29) is 18.2 Å². The zero-order chi connectivity index (χ0) is 19.7. The summed E-state index contributed by atoms with van der Waals surface area (Å²) >= 11 is 0. The first-order valence-electron chi connectivity index (χ1n) is 9.31. The Kier molecular flexibility index (Phi) is 4.69. The van der Waals surface area contributed by atoms with Gasteiger partial charge in [0.25, 0.3) is 0 Å². The minimum Gasteiger partial charge on any atom is -0.368 e. The molecule has 0 aliphatic carbocycles. The number of benzene rings is 3. The van der Waals surface area contributed by atoms with Crippen LogP contribution in [0.3, 0.4) is 0 Å². The molecule has 142 valence electrons. The van der Waals surface area contributed by atoms with Crippen molar-refractivity contribution in [2.24, 2.45) is 5.73 Å². The number of carbonyl (C=O) groups is 3. The molecule has 28 heavy (non-hydrogen) atoms. The molecule has 1 aliphatic heterocycles. The third-order valence-corrected chi connectivity index (χ3v) is 5.26. The normalized spacial score (nSPS) is 17.4. The predicted molar refractivity (Wildman–Crippen MR) is 107 cm³/mol. The fourth-order valence-corrected chi connectivity index (χ4v) is 3.84. The molecule has 0 saturated carbocycles. The maximum Gasteiger partial charge on any atom is 0.243 e. The third kappa shape index (κ3) is 3.41. The summed E-state index contributed by atoms with van der Waals surface area (Å²) in [5, 5.41) is 9.52. The molecule has 0 unspecified atom stereocenters. The molecule has 0 bridgehead atoms. The van der Waals surface area contributed by atoms with E-state index in [4.69, 9.17) is 5.73 Å². The topological polar surface area (TPSA) is 101 Å². The molecule has 4 N–H and O–H groups in total. The van der Waals surface area contributed by atoms with E-state index in [0.29, 0.717) is 12.8 Å². The lowest BCUT2D eigenvalue weighted by atomic mass is 9.92. The maximum atomic E-state index is 12.5. The van der Waals surface area contributed by atoms with Gasteiger partial charge in [-0.15, -0.1) is 0 Å². The summed E-state index contributed by atoms with van der Waals surface area (Å²) in [4.78, 5) is 36.0. The number of rotatable bonds is 5. The maximum absolute atomic E-state index is 12.5. The van der Waals surface area contributed by atoms with Crippen LogP contribution in [0, 0.1) is 0 Å². The Bertz CT molecular complexity index is 1040. The first-order chi connectivity index (χ1) is 13.5. The monoisotopic (exact) mass is 375 g/mol. The third-order valence-electron chi connectivity index (χ3n) is 5.26. The number of nitrogens with two attached hydrogens (primary N) is 1. The van der Waals surface area contributed by atoms with Crippen LogP contribution in [0.15, 0.2) is 54.6 Å². The number of amides is 3. The van der Waals surface area contributed by atoms with Gasteiger partial charge in [0, 0.05) is 12.8 Å². The van der Waals surface area contributed by atoms with Crippen LogP contribution < -0.4 is 16.4 Å². The van der Waals surface area contributed by atoms with Gasteiger partial charge in [-0.3, -0.25) is 14.4 Å². The van der Waals surface area contributed by atoms with Gasteiger partial charge in [-0.1, -0.05) is 48.5 Å². The summed E-state index contributed by atoms with van der Waals surface area (Å²) in [7, 11) is 0. The first-order valence-corrected chi connectivity index (χ1v) is 9.31. The van der Waals surface area contributed by atoms with Crippen molar-refractivity contribution in [2.75, 3.05) is 0 Å². The van der Waals surface area contributed by atoms with Crippen molar-refractivity contribution in [3.8, 4) is 0 Å². The van der Waals surface area contributed by atoms with Gasteiger partial charge in [0.1, 0.15) is 12.1 Å². The molecule has 2 atom stereocenters. The number of primary amides is 1. The fraction of sp³-hybridized carbons (Fsp3) is 0.227. The van der Waals surface area contributed by atoms with Crippen LogP contribution >= 0.6 is 0 Å². The lowest BCUT2D eigenvalue weighted by Crippen LogP contribution is -2.51. The van der Waals surface area contributed by atoms with Crippen molar-refractivity contribution < 1.29 is 14.4 Å². The highest BCUT2D eigenvalue weighted by Crippen LogP contribution is 2.29. The molecule has 0 spiro atoms. The second-order valence-electron chi connectivity index (χ2n) is 7.12. The lowest BCUT2D eigenvalue weighted by molar-refractivity contribution is -0.129. The van der Waals surface area contributed by atoms with Crippen LogP contribution in [0.4, 0.5) is 0 Å². The molecule has 6 nitrogen and oxygen atoms in total. The van der Waals surface area contributed by atoms with Crippen LogP contribution in [-0.2, 0) is 20.8 Å². The number of carbonyl (C=O) groups excluding carboxylic acids is 3. The summed E-state index contributed by atoms with van der Waals surface area (Å²) in [6.45, 7) is 0. The van der Waals surface area contributed by atoms with Crippen molar-refractivity contribution in [1.82, 2.24) is 10.6 Å². The summed E-state index contributed by atoms with van der Waals surface area (Å²) in [5.74, 6) is -1.13. The van der Waals surface area contributed by atoms with Crippen LogP contribution in [0.2, 0.25) is 0 Å². The van der Waals surface area contributed by atoms with Crippen molar-refractivity contribution in [3.05, 3.63) is 60.2 Å². The Morgan fingerprint density at radius 3 is 2.21 bits per heavy atom. The van der Waals surface area contributed by atoms with Crippen LogP contribution in [0.5, 0.6) is 0 Å². The van der Waals surface area contributed by atoms with Crippen molar-refractivity contribution in [2.45, 2.75) is 31.3 Å². The van der Waals surface area contributed by atoms with Gasteiger partial charge in [0.2, 0.25) is 17.7 Å². The van der Waals surface area contributed by atoms with Gasteiger partial charge in [-0.2, -0.15) is 0 Å². The van der Waals surface area contributed by atoms with Gasteiger partial charge in [0.15, 0.2) is 0 Å². The second kappa shape index (κ2) is 7.31. The van der Waals surface area contributed by atoms with Gasteiger partial charge in [-0.05, 0) is 39.6 Å².